The van der Waals surface area contributed by atoms with Crippen LogP contribution in [0.2, 0.25) is 0 Å². The van der Waals surface area contributed by atoms with Gasteiger partial charge in [-0.15, -0.1) is 0 Å². The second kappa shape index (κ2) is 5.95. The first kappa shape index (κ1) is 15.3. The van der Waals surface area contributed by atoms with Crippen LogP contribution >= 0.6 is 0 Å². The van der Waals surface area contributed by atoms with Crippen molar-refractivity contribution in [3.8, 4) is 0 Å². The molecule has 0 heterocycles. The van der Waals surface area contributed by atoms with Crippen molar-refractivity contribution in [1.29, 1.82) is 0 Å². The molecule has 1 rings (SSSR count). The van der Waals surface area contributed by atoms with E-state index in [2.05, 4.69) is 5.32 Å². The fraction of sp³-hybridized carbons (Fsp3) is 0.462. The highest BCUT2D eigenvalue weighted by atomic mass is 19.4. The van der Waals surface area contributed by atoms with Crippen molar-refractivity contribution in [3.63, 3.8) is 0 Å². The van der Waals surface area contributed by atoms with Crippen molar-refractivity contribution < 1.29 is 18.0 Å². The Hall–Kier alpha value is -1.72. The van der Waals surface area contributed by atoms with Crippen molar-refractivity contribution in [1.82, 2.24) is 5.32 Å². The Bertz CT molecular complexity index is 458. The molecule has 0 aliphatic rings. The van der Waals surface area contributed by atoms with Crippen LogP contribution in [0.5, 0.6) is 0 Å². The van der Waals surface area contributed by atoms with E-state index in [-0.39, 0.29) is 17.2 Å². The van der Waals surface area contributed by atoms with Crippen LogP contribution in [0.4, 0.5) is 18.9 Å². The predicted molar refractivity (Wildman–Crippen MR) is 67.6 cm³/mol. The van der Waals surface area contributed by atoms with Crippen LogP contribution in [0.1, 0.15) is 36.2 Å². The molecule has 0 aliphatic carbocycles. The molecular weight excluding hydrogens is 257 g/mol. The molecule has 0 saturated carbocycles. The molecule has 0 bridgehead atoms. The molecule has 0 aromatic heterocycles. The highest BCUT2D eigenvalue weighted by Crippen LogP contribution is 2.31. The lowest BCUT2D eigenvalue weighted by Crippen LogP contribution is -2.29. The maximum atomic E-state index is 12.6. The summed E-state index contributed by atoms with van der Waals surface area (Å²) in [5.41, 5.74) is 4.56. The van der Waals surface area contributed by atoms with E-state index in [4.69, 9.17) is 5.73 Å². The third-order valence-electron chi connectivity index (χ3n) is 2.93. The van der Waals surface area contributed by atoms with Crippen LogP contribution in [0, 0.1) is 5.92 Å². The summed E-state index contributed by atoms with van der Waals surface area (Å²) in [6, 6.07) is 2.74. The van der Waals surface area contributed by atoms with E-state index in [9.17, 15) is 18.0 Å². The fourth-order valence-electron chi connectivity index (χ4n) is 1.44. The van der Waals surface area contributed by atoms with Crippen molar-refractivity contribution in [2.75, 3.05) is 12.3 Å². The van der Waals surface area contributed by atoms with Crippen LogP contribution in [0.25, 0.3) is 0 Å². The number of halogens is 3. The van der Waals surface area contributed by atoms with Gasteiger partial charge in [0.1, 0.15) is 0 Å². The Labute approximate surface area is 110 Å². The molecule has 0 spiro atoms. The monoisotopic (exact) mass is 274 g/mol. The maximum absolute atomic E-state index is 12.6. The Morgan fingerprint density at radius 1 is 1.42 bits per heavy atom. The summed E-state index contributed by atoms with van der Waals surface area (Å²) in [6.45, 7) is 4.32. The molecule has 0 fully saturated rings. The minimum atomic E-state index is -4.49. The van der Waals surface area contributed by atoms with Gasteiger partial charge < -0.3 is 11.1 Å². The van der Waals surface area contributed by atoms with Gasteiger partial charge in [-0.25, -0.2) is 0 Å². The summed E-state index contributed by atoms with van der Waals surface area (Å²) in [7, 11) is 0. The average molecular weight is 274 g/mol. The van der Waals surface area contributed by atoms with E-state index in [0.717, 1.165) is 24.6 Å². The molecule has 0 saturated heterocycles. The number of hydrogen-bond donors (Lipinski definition) is 2. The average Bonchev–Trinajstić information content (AvgIpc) is 2.34. The lowest BCUT2D eigenvalue weighted by Gasteiger charge is -2.13. The van der Waals surface area contributed by atoms with Crippen molar-refractivity contribution in [2.45, 2.75) is 26.4 Å². The number of carbonyl (C=O) groups excluding carboxylic acids is 1. The van der Waals surface area contributed by atoms with Crippen molar-refractivity contribution in [2.24, 2.45) is 5.92 Å². The first-order chi connectivity index (χ1) is 8.75. The summed E-state index contributed by atoms with van der Waals surface area (Å²) in [4.78, 5) is 11.8. The minimum absolute atomic E-state index is 0.0367. The van der Waals surface area contributed by atoms with Crippen LogP contribution in [-0.2, 0) is 6.18 Å². The van der Waals surface area contributed by atoms with Gasteiger partial charge in [-0.3, -0.25) is 4.79 Å². The van der Waals surface area contributed by atoms with Gasteiger partial charge in [-0.05, 0) is 24.1 Å². The van der Waals surface area contributed by atoms with Gasteiger partial charge in [0.2, 0.25) is 0 Å². The highest BCUT2D eigenvalue weighted by Gasteiger charge is 2.31. The smallest absolute Gasteiger partial charge is 0.398 e. The Balaban J connectivity index is 2.90. The van der Waals surface area contributed by atoms with Gasteiger partial charge in [0.25, 0.3) is 5.91 Å². The zero-order valence-electron chi connectivity index (χ0n) is 10.8. The summed E-state index contributed by atoms with van der Waals surface area (Å²) >= 11 is 0. The lowest BCUT2D eigenvalue weighted by atomic mass is 10.1. The Morgan fingerprint density at radius 2 is 2.05 bits per heavy atom. The standard InChI is InChI=1S/C13H17F3N2O/c1-3-8(2)7-18-12(19)10-6-9(13(14,15)16)4-5-11(10)17/h4-6,8H,3,7,17H2,1-2H3,(H,18,19). The number of nitrogens with one attached hydrogen (secondary N) is 1. The van der Waals surface area contributed by atoms with Gasteiger partial charge in [-0.1, -0.05) is 20.3 Å². The number of carbonyl (C=O) groups is 1. The van der Waals surface area contributed by atoms with E-state index in [0.29, 0.717) is 6.54 Å². The molecular formula is C13H17F3N2O. The van der Waals surface area contributed by atoms with E-state index in [1.165, 1.54) is 0 Å². The van der Waals surface area contributed by atoms with E-state index in [1.807, 2.05) is 13.8 Å². The first-order valence-electron chi connectivity index (χ1n) is 6.00. The van der Waals surface area contributed by atoms with Crippen molar-refractivity contribution >= 4 is 11.6 Å². The summed E-state index contributed by atoms with van der Waals surface area (Å²) < 4.78 is 37.7. The molecule has 1 unspecified atom stereocenters. The lowest BCUT2D eigenvalue weighted by molar-refractivity contribution is -0.137. The molecule has 19 heavy (non-hydrogen) atoms. The topological polar surface area (TPSA) is 55.1 Å². The van der Waals surface area contributed by atoms with Gasteiger partial charge in [0.05, 0.1) is 11.1 Å². The molecule has 1 atom stereocenters. The Morgan fingerprint density at radius 3 is 2.58 bits per heavy atom. The van der Waals surface area contributed by atoms with Gasteiger partial charge >= 0.3 is 6.18 Å². The third-order valence-corrected chi connectivity index (χ3v) is 2.93. The SMILES string of the molecule is CCC(C)CNC(=O)c1cc(C(F)(F)F)ccc1N. The molecule has 0 radical (unpaired) electrons. The third kappa shape index (κ3) is 4.15. The van der Waals surface area contributed by atoms with Gasteiger partial charge in [0.15, 0.2) is 0 Å². The fourth-order valence-corrected chi connectivity index (χ4v) is 1.44. The minimum Gasteiger partial charge on any atom is -0.398 e. The van der Waals surface area contributed by atoms with Crippen LogP contribution < -0.4 is 11.1 Å². The number of nitrogens with two attached hydrogens (primary N) is 1. The zero-order valence-corrected chi connectivity index (χ0v) is 10.8. The predicted octanol–water partition coefficient (Wildman–Crippen LogP) is 3.06. The molecule has 6 heteroatoms. The normalized spacial score (nSPS) is 13.1. The number of rotatable bonds is 4. The summed E-state index contributed by atoms with van der Waals surface area (Å²) in [5.74, 6) is -0.320. The Kier molecular flexibility index (Phi) is 4.80. The second-order valence-electron chi connectivity index (χ2n) is 4.52. The number of alkyl halides is 3. The number of amides is 1. The van der Waals surface area contributed by atoms with Crippen LogP contribution in [0.3, 0.4) is 0 Å². The number of anilines is 1. The summed E-state index contributed by atoms with van der Waals surface area (Å²) in [5, 5.41) is 2.58. The number of hydrogen-bond acceptors (Lipinski definition) is 2. The molecule has 1 aromatic rings. The quantitative estimate of drug-likeness (QED) is 0.829. The number of benzene rings is 1. The molecule has 1 aromatic carbocycles. The second-order valence-corrected chi connectivity index (χ2v) is 4.52. The highest BCUT2D eigenvalue weighted by molar-refractivity contribution is 5.99. The van der Waals surface area contributed by atoms with Crippen LogP contribution in [-0.4, -0.2) is 12.5 Å². The van der Waals surface area contributed by atoms with E-state index >= 15 is 0 Å². The van der Waals surface area contributed by atoms with Crippen LogP contribution in [0.15, 0.2) is 18.2 Å². The molecule has 3 N–H and O–H groups in total. The molecule has 106 valence electrons. The first-order valence-corrected chi connectivity index (χ1v) is 6.00. The molecule has 3 nitrogen and oxygen atoms in total. The van der Waals surface area contributed by atoms with E-state index < -0.39 is 17.6 Å². The van der Waals surface area contributed by atoms with Crippen molar-refractivity contribution in [3.05, 3.63) is 29.3 Å². The number of nitrogen functional groups attached to an aromatic ring is 1. The van der Waals surface area contributed by atoms with Gasteiger partial charge in [0, 0.05) is 12.2 Å². The largest absolute Gasteiger partial charge is 0.416 e. The molecule has 1 amide bonds. The summed E-state index contributed by atoms with van der Waals surface area (Å²) in [6.07, 6.45) is -3.61. The molecule has 0 aliphatic heterocycles. The van der Waals surface area contributed by atoms with E-state index in [1.54, 1.807) is 0 Å². The zero-order chi connectivity index (χ0) is 14.6. The van der Waals surface area contributed by atoms with Gasteiger partial charge in [-0.2, -0.15) is 13.2 Å². The maximum Gasteiger partial charge on any atom is 0.416 e.